The Hall–Kier alpha value is -1.06. The molecule has 0 spiro atoms. The van der Waals surface area contributed by atoms with Gasteiger partial charge in [-0.05, 0) is 11.6 Å². The zero-order valence-corrected chi connectivity index (χ0v) is 7.09. The fourth-order valence-electron chi connectivity index (χ4n) is 1.02. The number of benzene rings is 1. The first kappa shape index (κ1) is 9.03. The van der Waals surface area contributed by atoms with E-state index in [2.05, 4.69) is 5.32 Å². The molecule has 3 nitrogen and oxygen atoms in total. The van der Waals surface area contributed by atoms with E-state index in [4.69, 9.17) is 11.5 Å². The minimum atomic E-state index is 0.659. The lowest BCUT2D eigenvalue weighted by molar-refractivity contribution is 0.696. The molecular weight excluding hydrogens is 150 g/mol. The maximum absolute atomic E-state index is 5.73. The van der Waals surface area contributed by atoms with Crippen molar-refractivity contribution in [3.05, 3.63) is 29.8 Å². The van der Waals surface area contributed by atoms with Crippen LogP contribution < -0.4 is 16.8 Å². The summed E-state index contributed by atoms with van der Waals surface area (Å²) in [7, 11) is 0. The Morgan fingerprint density at radius 3 is 2.67 bits per heavy atom. The summed E-state index contributed by atoms with van der Waals surface area (Å²) in [6.07, 6.45) is 0. The molecule has 0 heterocycles. The van der Waals surface area contributed by atoms with Gasteiger partial charge >= 0.3 is 0 Å². The molecule has 3 heteroatoms. The van der Waals surface area contributed by atoms with Gasteiger partial charge in [0.2, 0.25) is 0 Å². The van der Waals surface area contributed by atoms with Gasteiger partial charge in [0.15, 0.2) is 0 Å². The smallest absolute Gasteiger partial charge is 0.0359 e. The predicted molar refractivity (Wildman–Crippen MR) is 51.6 cm³/mol. The number of rotatable bonds is 4. The lowest BCUT2D eigenvalue weighted by Gasteiger charge is -2.05. The highest BCUT2D eigenvalue weighted by molar-refractivity contribution is 5.46. The molecule has 0 saturated heterocycles. The number of hydrogen-bond acceptors (Lipinski definition) is 3. The van der Waals surface area contributed by atoms with Crippen molar-refractivity contribution in [2.75, 3.05) is 18.8 Å². The lowest BCUT2D eigenvalue weighted by atomic mass is 10.2. The molecule has 0 bridgehead atoms. The van der Waals surface area contributed by atoms with Gasteiger partial charge < -0.3 is 16.8 Å². The highest BCUT2D eigenvalue weighted by Crippen LogP contribution is 2.08. The molecule has 1 aromatic carbocycles. The van der Waals surface area contributed by atoms with Crippen LogP contribution in [0.15, 0.2) is 24.3 Å². The van der Waals surface area contributed by atoms with Gasteiger partial charge in [-0.1, -0.05) is 18.2 Å². The third-order valence-corrected chi connectivity index (χ3v) is 1.69. The van der Waals surface area contributed by atoms with Crippen LogP contribution in [0.4, 0.5) is 5.69 Å². The van der Waals surface area contributed by atoms with Gasteiger partial charge in [0.25, 0.3) is 0 Å². The lowest BCUT2D eigenvalue weighted by Crippen LogP contribution is -2.22. The second kappa shape index (κ2) is 4.74. The molecule has 12 heavy (non-hydrogen) atoms. The first-order valence-electron chi connectivity index (χ1n) is 4.08. The molecule has 0 aliphatic rings. The Morgan fingerprint density at radius 1 is 1.25 bits per heavy atom. The van der Waals surface area contributed by atoms with E-state index >= 15 is 0 Å². The quantitative estimate of drug-likeness (QED) is 0.444. The number of para-hydroxylation sites is 1. The largest absolute Gasteiger partial charge is 0.398 e. The van der Waals surface area contributed by atoms with E-state index in [0.717, 1.165) is 24.3 Å². The van der Waals surface area contributed by atoms with E-state index in [1.165, 1.54) is 0 Å². The number of nitrogens with two attached hydrogens (primary N) is 2. The zero-order valence-electron chi connectivity index (χ0n) is 7.09. The van der Waals surface area contributed by atoms with Crippen molar-refractivity contribution in [3.8, 4) is 0 Å². The minimum absolute atomic E-state index is 0.659. The molecular formula is C9H15N3. The molecule has 0 amide bonds. The van der Waals surface area contributed by atoms with Gasteiger partial charge in [-0.15, -0.1) is 0 Å². The molecule has 0 saturated carbocycles. The van der Waals surface area contributed by atoms with Crippen LogP contribution in [-0.2, 0) is 6.54 Å². The number of hydrogen-bond donors (Lipinski definition) is 3. The van der Waals surface area contributed by atoms with Crippen LogP contribution in [-0.4, -0.2) is 13.1 Å². The van der Waals surface area contributed by atoms with Gasteiger partial charge in [-0.25, -0.2) is 0 Å². The van der Waals surface area contributed by atoms with E-state index in [9.17, 15) is 0 Å². The van der Waals surface area contributed by atoms with Crippen molar-refractivity contribution in [2.24, 2.45) is 5.73 Å². The molecule has 1 aromatic rings. The molecule has 0 aliphatic carbocycles. The molecule has 0 aliphatic heterocycles. The van der Waals surface area contributed by atoms with Crippen LogP contribution in [0.3, 0.4) is 0 Å². The molecule has 0 unspecified atom stereocenters. The third-order valence-electron chi connectivity index (χ3n) is 1.69. The molecule has 66 valence electrons. The maximum Gasteiger partial charge on any atom is 0.0359 e. The zero-order chi connectivity index (χ0) is 8.81. The number of nitrogen functional groups attached to an aromatic ring is 1. The molecule has 0 atom stereocenters. The molecule has 1 rings (SSSR count). The summed E-state index contributed by atoms with van der Waals surface area (Å²) in [5.74, 6) is 0. The van der Waals surface area contributed by atoms with E-state index in [1.807, 2.05) is 24.3 Å². The number of anilines is 1. The SMILES string of the molecule is NCCNCc1ccccc1N. The van der Waals surface area contributed by atoms with E-state index in [1.54, 1.807) is 0 Å². The molecule has 0 fully saturated rings. The van der Waals surface area contributed by atoms with Crippen LogP contribution in [0.5, 0.6) is 0 Å². The van der Waals surface area contributed by atoms with Crippen molar-refractivity contribution in [1.29, 1.82) is 0 Å². The van der Waals surface area contributed by atoms with Crippen molar-refractivity contribution < 1.29 is 0 Å². The summed E-state index contributed by atoms with van der Waals surface area (Å²) in [6.45, 7) is 2.28. The van der Waals surface area contributed by atoms with E-state index < -0.39 is 0 Å². The van der Waals surface area contributed by atoms with Gasteiger partial charge in [0.05, 0.1) is 0 Å². The monoisotopic (exact) mass is 165 g/mol. The summed E-state index contributed by atoms with van der Waals surface area (Å²) in [4.78, 5) is 0. The first-order valence-corrected chi connectivity index (χ1v) is 4.08. The van der Waals surface area contributed by atoms with E-state index in [0.29, 0.717) is 6.54 Å². The van der Waals surface area contributed by atoms with Gasteiger partial charge in [-0.2, -0.15) is 0 Å². The Morgan fingerprint density at radius 2 is 2.00 bits per heavy atom. The van der Waals surface area contributed by atoms with Crippen molar-refractivity contribution in [1.82, 2.24) is 5.32 Å². The number of nitrogens with one attached hydrogen (secondary N) is 1. The third kappa shape index (κ3) is 2.53. The van der Waals surface area contributed by atoms with Crippen LogP contribution in [0.2, 0.25) is 0 Å². The van der Waals surface area contributed by atoms with Crippen LogP contribution in [0, 0.1) is 0 Å². The summed E-state index contributed by atoms with van der Waals surface area (Å²) in [6, 6.07) is 7.83. The Kier molecular flexibility index (Phi) is 3.57. The van der Waals surface area contributed by atoms with Crippen molar-refractivity contribution >= 4 is 5.69 Å². The van der Waals surface area contributed by atoms with Gasteiger partial charge in [-0.3, -0.25) is 0 Å². The van der Waals surface area contributed by atoms with E-state index in [-0.39, 0.29) is 0 Å². The minimum Gasteiger partial charge on any atom is -0.398 e. The van der Waals surface area contributed by atoms with Crippen molar-refractivity contribution in [2.45, 2.75) is 6.54 Å². The fraction of sp³-hybridized carbons (Fsp3) is 0.333. The highest BCUT2D eigenvalue weighted by Gasteiger charge is 1.94. The Balaban J connectivity index is 2.46. The van der Waals surface area contributed by atoms with Crippen LogP contribution in [0.25, 0.3) is 0 Å². The Labute approximate surface area is 72.8 Å². The van der Waals surface area contributed by atoms with Crippen molar-refractivity contribution in [3.63, 3.8) is 0 Å². The summed E-state index contributed by atoms with van der Waals surface area (Å²) < 4.78 is 0. The average molecular weight is 165 g/mol. The van der Waals surface area contributed by atoms with Gasteiger partial charge in [0, 0.05) is 25.3 Å². The topological polar surface area (TPSA) is 64.1 Å². The average Bonchev–Trinajstić information content (AvgIpc) is 2.09. The van der Waals surface area contributed by atoms with Crippen LogP contribution in [0.1, 0.15) is 5.56 Å². The first-order chi connectivity index (χ1) is 5.84. The van der Waals surface area contributed by atoms with Crippen LogP contribution >= 0.6 is 0 Å². The summed E-state index contributed by atoms with van der Waals surface area (Å²) in [5.41, 5.74) is 13.0. The highest BCUT2D eigenvalue weighted by atomic mass is 14.9. The van der Waals surface area contributed by atoms with Gasteiger partial charge in [0.1, 0.15) is 0 Å². The maximum atomic E-state index is 5.73. The predicted octanol–water partition coefficient (Wildman–Crippen LogP) is 0.317. The fourth-order valence-corrected chi connectivity index (χ4v) is 1.02. The molecule has 0 radical (unpaired) electrons. The second-order valence-electron chi connectivity index (χ2n) is 2.66. The summed E-state index contributed by atoms with van der Waals surface area (Å²) in [5, 5.41) is 3.19. The molecule has 0 aromatic heterocycles. The standard InChI is InChI=1S/C9H15N3/c10-5-6-12-7-8-3-1-2-4-9(8)11/h1-4,12H,5-7,10-11H2. The normalized spacial score (nSPS) is 10.1. The Bertz CT molecular complexity index is 235. The molecule has 5 N–H and O–H groups in total. The summed E-state index contributed by atoms with van der Waals surface area (Å²) >= 11 is 0. The second-order valence-corrected chi connectivity index (χ2v) is 2.66.